The molecule has 1 aromatic heterocycles. The molecule has 1 amide bonds. The van der Waals surface area contributed by atoms with Gasteiger partial charge in [0.25, 0.3) is 0 Å². The van der Waals surface area contributed by atoms with Gasteiger partial charge in [-0.2, -0.15) is 11.8 Å². The number of aromatic nitrogens is 2. The highest BCUT2D eigenvalue weighted by atomic mass is 32.2. The molecule has 0 bridgehead atoms. The molecule has 1 N–H and O–H groups in total. The molecule has 8 heteroatoms. The van der Waals surface area contributed by atoms with Gasteiger partial charge in [-0.1, -0.05) is 12.1 Å². The highest BCUT2D eigenvalue weighted by Crippen LogP contribution is 2.28. The van der Waals surface area contributed by atoms with Crippen LogP contribution in [0.5, 0.6) is 5.75 Å². The second-order valence-corrected chi connectivity index (χ2v) is 8.42. The molecule has 1 atom stereocenters. The van der Waals surface area contributed by atoms with Gasteiger partial charge in [-0.05, 0) is 50.5 Å². The summed E-state index contributed by atoms with van der Waals surface area (Å²) in [4.78, 5) is 26.4. The molecule has 1 aromatic carbocycles. The zero-order chi connectivity index (χ0) is 21.5. The van der Waals surface area contributed by atoms with E-state index in [0.29, 0.717) is 19.0 Å². The van der Waals surface area contributed by atoms with E-state index in [0.717, 1.165) is 48.1 Å². The van der Waals surface area contributed by atoms with E-state index in [1.54, 1.807) is 18.9 Å². The zero-order valence-corrected chi connectivity index (χ0v) is 19.0. The summed E-state index contributed by atoms with van der Waals surface area (Å²) in [6, 6.07) is 9.63. The number of ether oxygens (including phenoxy) is 1. The normalized spacial score (nSPS) is 15.1. The molecule has 0 radical (unpaired) electrons. The third kappa shape index (κ3) is 5.56. The van der Waals surface area contributed by atoms with Crippen LogP contribution in [0.4, 0.5) is 11.6 Å². The van der Waals surface area contributed by atoms with E-state index in [2.05, 4.69) is 32.5 Å². The van der Waals surface area contributed by atoms with Gasteiger partial charge in [-0.3, -0.25) is 4.79 Å². The van der Waals surface area contributed by atoms with Crippen LogP contribution in [0.1, 0.15) is 17.8 Å². The molecule has 2 heterocycles. The zero-order valence-electron chi connectivity index (χ0n) is 18.2. The van der Waals surface area contributed by atoms with Crippen LogP contribution in [0, 0.1) is 13.8 Å². The number of thioether (sulfide) groups is 1. The lowest BCUT2D eigenvalue weighted by Gasteiger charge is -2.38. The number of carbonyl (C=O) groups excluding carboxylic acids is 1. The van der Waals surface area contributed by atoms with E-state index in [-0.39, 0.29) is 11.9 Å². The monoisotopic (exact) mass is 429 g/mol. The summed E-state index contributed by atoms with van der Waals surface area (Å²) in [5.41, 5.74) is 2.87. The van der Waals surface area contributed by atoms with Crippen molar-refractivity contribution in [3.8, 4) is 5.75 Å². The molecule has 1 saturated heterocycles. The van der Waals surface area contributed by atoms with Crippen molar-refractivity contribution >= 4 is 29.3 Å². The van der Waals surface area contributed by atoms with Crippen LogP contribution in [0.3, 0.4) is 0 Å². The molecule has 1 aliphatic heterocycles. The molecule has 162 valence electrons. The Morgan fingerprint density at radius 1 is 1.17 bits per heavy atom. The quantitative estimate of drug-likeness (QED) is 0.692. The van der Waals surface area contributed by atoms with Crippen LogP contribution in [0.25, 0.3) is 0 Å². The minimum absolute atomic E-state index is 0.117. The molecular formula is C22H31N5O2S. The predicted octanol–water partition coefficient (Wildman–Crippen LogP) is 2.98. The maximum atomic E-state index is 13.3. The van der Waals surface area contributed by atoms with Crippen molar-refractivity contribution < 1.29 is 9.53 Å². The molecule has 0 aliphatic carbocycles. The minimum Gasteiger partial charge on any atom is -0.495 e. The number of anilines is 2. The van der Waals surface area contributed by atoms with Crippen LogP contribution >= 0.6 is 11.8 Å². The summed E-state index contributed by atoms with van der Waals surface area (Å²) in [5.74, 6) is 2.41. The predicted molar refractivity (Wildman–Crippen MR) is 124 cm³/mol. The third-order valence-corrected chi connectivity index (χ3v) is 5.86. The van der Waals surface area contributed by atoms with E-state index < -0.39 is 0 Å². The number of aryl methyl sites for hydroxylation is 2. The summed E-state index contributed by atoms with van der Waals surface area (Å²) in [7, 11) is 1.69. The Kier molecular flexibility index (Phi) is 7.79. The van der Waals surface area contributed by atoms with E-state index in [9.17, 15) is 4.79 Å². The van der Waals surface area contributed by atoms with Gasteiger partial charge < -0.3 is 19.9 Å². The average molecular weight is 430 g/mol. The van der Waals surface area contributed by atoms with Crippen molar-refractivity contribution in [2.24, 2.45) is 0 Å². The Morgan fingerprint density at radius 2 is 1.83 bits per heavy atom. The fraction of sp³-hybridized carbons (Fsp3) is 0.500. The number of hydrogen-bond acceptors (Lipinski definition) is 7. The van der Waals surface area contributed by atoms with Crippen molar-refractivity contribution in [3.05, 3.63) is 41.7 Å². The number of nitrogens with one attached hydrogen (secondary N) is 1. The van der Waals surface area contributed by atoms with E-state index in [1.165, 1.54) is 0 Å². The number of hydrogen-bond donors (Lipinski definition) is 1. The van der Waals surface area contributed by atoms with Crippen LogP contribution in [0.2, 0.25) is 0 Å². The van der Waals surface area contributed by atoms with Crippen LogP contribution in [-0.4, -0.2) is 72.1 Å². The largest absolute Gasteiger partial charge is 0.495 e. The van der Waals surface area contributed by atoms with Crippen LogP contribution in [-0.2, 0) is 4.79 Å². The van der Waals surface area contributed by atoms with Gasteiger partial charge in [0.2, 0.25) is 11.9 Å². The Labute approximate surface area is 183 Å². The van der Waals surface area contributed by atoms with Gasteiger partial charge in [-0.15, -0.1) is 0 Å². The average Bonchev–Trinajstić information content (AvgIpc) is 2.75. The van der Waals surface area contributed by atoms with E-state index in [1.807, 2.05) is 43.0 Å². The summed E-state index contributed by atoms with van der Waals surface area (Å²) in [5, 5.41) is 3.29. The number of carbonyl (C=O) groups is 1. The molecule has 30 heavy (non-hydrogen) atoms. The number of para-hydroxylation sites is 2. The van der Waals surface area contributed by atoms with Crippen molar-refractivity contribution in [2.75, 3.05) is 55.5 Å². The maximum absolute atomic E-state index is 13.3. The first-order chi connectivity index (χ1) is 14.5. The first-order valence-electron chi connectivity index (χ1n) is 10.3. The van der Waals surface area contributed by atoms with Crippen LogP contribution < -0.4 is 15.0 Å². The van der Waals surface area contributed by atoms with Crippen LogP contribution in [0.15, 0.2) is 30.3 Å². The van der Waals surface area contributed by atoms with Crippen molar-refractivity contribution in [2.45, 2.75) is 26.3 Å². The van der Waals surface area contributed by atoms with Gasteiger partial charge in [0, 0.05) is 37.6 Å². The molecule has 0 saturated carbocycles. The van der Waals surface area contributed by atoms with Crippen molar-refractivity contribution in [3.63, 3.8) is 0 Å². The lowest BCUT2D eigenvalue weighted by Crippen LogP contribution is -2.53. The fourth-order valence-electron chi connectivity index (χ4n) is 3.72. The van der Waals surface area contributed by atoms with E-state index in [4.69, 9.17) is 4.74 Å². The number of nitrogens with zero attached hydrogens (tertiary/aromatic N) is 4. The van der Waals surface area contributed by atoms with Gasteiger partial charge in [-0.25, -0.2) is 9.97 Å². The smallest absolute Gasteiger partial charge is 0.245 e. The molecule has 0 spiro atoms. The van der Waals surface area contributed by atoms with Gasteiger partial charge in [0.15, 0.2) is 0 Å². The highest BCUT2D eigenvalue weighted by Gasteiger charge is 2.28. The molecule has 2 aromatic rings. The summed E-state index contributed by atoms with van der Waals surface area (Å²) in [6.07, 6.45) is 2.80. The van der Waals surface area contributed by atoms with Crippen molar-refractivity contribution in [1.29, 1.82) is 0 Å². The van der Waals surface area contributed by atoms with Gasteiger partial charge in [0.05, 0.1) is 12.8 Å². The summed E-state index contributed by atoms with van der Waals surface area (Å²) in [6.45, 7) is 6.80. The molecule has 3 rings (SSSR count). The topological polar surface area (TPSA) is 70.6 Å². The van der Waals surface area contributed by atoms with Crippen molar-refractivity contribution in [1.82, 2.24) is 14.9 Å². The van der Waals surface area contributed by atoms with Gasteiger partial charge in [0.1, 0.15) is 11.8 Å². The van der Waals surface area contributed by atoms with Gasteiger partial charge >= 0.3 is 0 Å². The second kappa shape index (κ2) is 10.5. The number of methoxy groups -OCH3 is 1. The first kappa shape index (κ1) is 22.2. The second-order valence-electron chi connectivity index (χ2n) is 7.44. The Morgan fingerprint density at radius 3 is 2.47 bits per heavy atom. The highest BCUT2D eigenvalue weighted by molar-refractivity contribution is 7.98. The van der Waals surface area contributed by atoms with E-state index >= 15 is 0 Å². The minimum atomic E-state index is -0.323. The fourth-order valence-corrected chi connectivity index (χ4v) is 4.19. The Bertz CT molecular complexity index is 835. The summed E-state index contributed by atoms with van der Waals surface area (Å²) < 4.78 is 5.49. The number of piperazine rings is 1. The molecule has 7 nitrogen and oxygen atoms in total. The maximum Gasteiger partial charge on any atom is 0.245 e. The number of benzene rings is 1. The SMILES string of the molecule is COc1ccccc1N1CCN(C(=O)C(CCSC)Nc2nc(C)cc(C)n2)CC1. The Hall–Kier alpha value is -2.48. The Balaban J connectivity index is 1.66. The standard InChI is InChI=1S/C22H31N5O2S/c1-16-15-17(2)24-22(23-16)25-18(9-14-30-4)21(28)27-12-10-26(11-13-27)19-7-5-6-8-20(19)29-3/h5-8,15,18H,9-14H2,1-4H3,(H,23,24,25). The third-order valence-electron chi connectivity index (χ3n) is 5.21. The molecule has 1 unspecified atom stereocenters. The number of rotatable bonds is 8. The molecule has 1 aliphatic rings. The first-order valence-corrected chi connectivity index (χ1v) is 11.7. The molecule has 1 fully saturated rings. The number of amides is 1. The lowest BCUT2D eigenvalue weighted by molar-refractivity contribution is -0.132. The molecular weight excluding hydrogens is 398 g/mol. The summed E-state index contributed by atoms with van der Waals surface area (Å²) >= 11 is 1.74. The lowest BCUT2D eigenvalue weighted by atomic mass is 10.1.